The summed E-state index contributed by atoms with van der Waals surface area (Å²) in [6.45, 7) is 4.03. The molecule has 0 spiro atoms. The Bertz CT molecular complexity index is 1350. The van der Waals surface area contributed by atoms with Gasteiger partial charge in [0, 0.05) is 0 Å². The summed E-state index contributed by atoms with van der Waals surface area (Å²) in [5, 5.41) is 6.03. The Labute approximate surface area is 236 Å². The molecule has 5 aromatic rings. The minimum absolute atomic E-state index is 0.357. The maximum absolute atomic E-state index is 4.03. The fourth-order valence-electron chi connectivity index (χ4n) is 5.76. The second kappa shape index (κ2) is 13.7. The normalized spacial score (nSPS) is 11.8. The standard InChI is InChI=1S/C37H38P2/c1-2-32-18-17-19-33(30-32)31-39(36-24-11-5-12-25-36,37-26-13-6-14-27-37)29-16-15-28-38(34-20-7-3-8-21-34)35-22-9-4-10-23-35/h2-14,17-27,30,39H,1,15-16,28-29,31H2. The molecular weight excluding hydrogens is 506 g/mol. The zero-order valence-electron chi connectivity index (χ0n) is 22.6. The molecule has 39 heavy (non-hydrogen) atoms. The summed E-state index contributed by atoms with van der Waals surface area (Å²) in [5.41, 5.74) is 2.62. The van der Waals surface area contributed by atoms with Crippen LogP contribution in [0.25, 0.3) is 6.08 Å². The van der Waals surface area contributed by atoms with Gasteiger partial charge in [-0.2, -0.15) is 0 Å². The second-order valence-electron chi connectivity index (χ2n) is 10.2. The Hall–Kier alpha value is -3.30. The van der Waals surface area contributed by atoms with Crippen molar-refractivity contribution in [1.29, 1.82) is 0 Å². The van der Waals surface area contributed by atoms with E-state index in [1.807, 2.05) is 6.08 Å². The summed E-state index contributed by atoms with van der Waals surface area (Å²) in [4.78, 5) is 0. The van der Waals surface area contributed by atoms with Crippen molar-refractivity contribution in [3.8, 4) is 0 Å². The number of benzene rings is 5. The van der Waals surface area contributed by atoms with Gasteiger partial charge in [0.1, 0.15) is 0 Å². The van der Waals surface area contributed by atoms with E-state index in [1.165, 1.54) is 57.5 Å². The molecule has 0 aliphatic rings. The molecule has 0 aliphatic heterocycles. The number of hydrogen-bond donors (Lipinski definition) is 0. The first-order chi connectivity index (χ1) is 19.3. The van der Waals surface area contributed by atoms with E-state index in [-0.39, 0.29) is 7.92 Å². The molecule has 0 saturated heterocycles. The van der Waals surface area contributed by atoms with Crippen LogP contribution in [-0.2, 0) is 6.16 Å². The quantitative estimate of drug-likeness (QED) is 0.110. The van der Waals surface area contributed by atoms with Gasteiger partial charge in [-0.3, -0.25) is 0 Å². The van der Waals surface area contributed by atoms with Gasteiger partial charge in [-0.25, -0.2) is 0 Å². The van der Waals surface area contributed by atoms with Crippen molar-refractivity contribution in [1.82, 2.24) is 0 Å². The molecular formula is C37H38P2. The summed E-state index contributed by atoms with van der Waals surface area (Å²) in [6, 6.07) is 54.0. The van der Waals surface area contributed by atoms with E-state index in [2.05, 4.69) is 152 Å². The maximum atomic E-state index is 4.03. The summed E-state index contributed by atoms with van der Waals surface area (Å²) in [6.07, 6.45) is 8.00. The average molecular weight is 545 g/mol. The number of unbranched alkanes of at least 4 members (excludes halogenated alkanes) is 1. The van der Waals surface area contributed by atoms with Crippen LogP contribution in [0.5, 0.6) is 0 Å². The third kappa shape index (κ3) is 6.83. The molecule has 5 aromatic carbocycles. The first kappa shape index (κ1) is 27.3. The van der Waals surface area contributed by atoms with Crippen LogP contribution in [0, 0.1) is 0 Å². The van der Waals surface area contributed by atoms with Crippen LogP contribution in [0.4, 0.5) is 0 Å². The van der Waals surface area contributed by atoms with Crippen molar-refractivity contribution in [2.45, 2.75) is 19.0 Å². The van der Waals surface area contributed by atoms with Crippen LogP contribution in [0.15, 0.2) is 152 Å². The SMILES string of the molecule is C=Cc1cccc(C[PH](CCCCP(c2ccccc2)c2ccccc2)(c2ccccc2)c2ccccc2)c1. The van der Waals surface area contributed by atoms with Crippen molar-refractivity contribution in [2.75, 3.05) is 12.3 Å². The Morgan fingerprint density at radius 1 is 0.564 bits per heavy atom. The Kier molecular flexibility index (Phi) is 9.56. The monoisotopic (exact) mass is 544 g/mol. The van der Waals surface area contributed by atoms with Crippen LogP contribution in [-0.4, -0.2) is 12.3 Å². The Balaban J connectivity index is 1.45. The first-order valence-electron chi connectivity index (χ1n) is 14.0. The third-order valence-corrected chi connectivity index (χ3v) is 15.4. The van der Waals surface area contributed by atoms with Gasteiger partial charge in [-0.1, -0.05) is 0 Å². The third-order valence-electron chi connectivity index (χ3n) is 7.72. The molecule has 0 N–H and O–H groups in total. The van der Waals surface area contributed by atoms with E-state index in [9.17, 15) is 0 Å². The Morgan fingerprint density at radius 3 is 1.59 bits per heavy atom. The predicted molar refractivity (Wildman–Crippen MR) is 179 cm³/mol. The zero-order chi connectivity index (χ0) is 26.8. The van der Waals surface area contributed by atoms with Crippen LogP contribution in [0.2, 0.25) is 0 Å². The minimum atomic E-state index is -2.08. The summed E-state index contributed by atoms with van der Waals surface area (Å²) >= 11 is 0. The van der Waals surface area contributed by atoms with Gasteiger partial charge >= 0.3 is 237 Å². The van der Waals surface area contributed by atoms with E-state index in [4.69, 9.17) is 0 Å². The van der Waals surface area contributed by atoms with Gasteiger partial charge < -0.3 is 0 Å². The van der Waals surface area contributed by atoms with E-state index in [0.29, 0.717) is 0 Å². The fraction of sp³-hybridized carbons (Fsp3) is 0.135. The van der Waals surface area contributed by atoms with Crippen LogP contribution < -0.4 is 21.2 Å². The van der Waals surface area contributed by atoms with Gasteiger partial charge in [0.2, 0.25) is 0 Å². The molecule has 0 heterocycles. The number of hydrogen-bond acceptors (Lipinski definition) is 0. The van der Waals surface area contributed by atoms with Gasteiger partial charge in [-0.05, 0) is 0 Å². The Morgan fingerprint density at radius 2 is 1.08 bits per heavy atom. The van der Waals surface area contributed by atoms with Crippen molar-refractivity contribution < 1.29 is 0 Å². The number of rotatable bonds is 12. The second-order valence-corrected chi connectivity index (χ2v) is 16.7. The molecule has 0 aliphatic carbocycles. The van der Waals surface area contributed by atoms with Crippen LogP contribution in [0.3, 0.4) is 0 Å². The van der Waals surface area contributed by atoms with Crippen LogP contribution in [0.1, 0.15) is 24.0 Å². The topological polar surface area (TPSA) is 0 Å². The summed E-state index contributed by atoms with van der Waals surface area (Å²) < 4.78 is 0. The first-order valence-corrected chi connectivity index (χ1v) is 17.9. The molecule has 0 fully saturated rings. The molecule has 0 unspecified atom stereocenters. The molecule has 0 nitrogen and oxygen atoms in total. The zero-order valence-corrected chi connectivity index (χ0v) is 24.5. The van der Waals surface area contributed by atoms with Gasteiger partial charge in [0.05, 0.1) is 0 Å². The van der Waals surface area contributed by atoms with Crippen molar-refractivity contribution >= 4 is 42.5 Å². The molecule has 0 aromatic heterocycles. The molecule has 0 atom stereocenters. The van der Waals surface area contributed by atoms with Crippen molar-refractivity contribution in [2.24, 2.45) is 0 Å². The van der Waals surface area contributed by atoms with E-state index in [1.54, 1.807) is 0 Å². The predicted octanol–water partition coefficient (Wildman–Crippen LogP) is 8.14. The summed E-state index contributed by atoms with van der Waals surface area (Å²) in [7, 11) is -2.44. The van der Waals surface area contributed by atoms with Crippen molar-refractivity contribution in [3.63, 3.8) is 0 Å². The van der Waals surface area contributed by atoms with E-state index >= 15 is 0 Å². The average Bonchev–Trinajstić information content (AvgIpc) is 3.02. The molecule has 5 rings (SSSR count). The van der Waals surface area contributed by atoms with Crippen LogP contribution >= 0.6 is 15.2 Å². The molecule has 0 bridgehead atoms. The van der Waals surface area contributed by atoms with Gasteiger partial charge in [-0.15, -0.1) is 0 Å². The van der Waals surface area contributed by atoms with Gasteiger partial charge in [0.15, 0.2) is 0 Å². The molecule has 0 amide bonds. The summed E-state index contributed by atoms with van der Waals surface area (Å²) in [5.74, 6) is 0. The van der Waals surface area contributed by atoms with E-state index < -0.39 is 7.26 Å². The fourth-order valence-corrected chi connectivity index (χ4v) is 13.1. The molecule has 0 saturated carbocycles. The molecule has 2 heteroatoms. The van der Waals surface area contributed by atoms with Crippen molar-refractivity contribution in [3.05, 3.63) is 163 Å². The van der Waals surface area contributed by atoms with Gasteiger partial charge in [0.25, 0.3) is 0 Å². The van der Waals surface area contributed by atoms with E-state index in [0.717, 1.165) is 6.16 Å². The molecule has 0 radical (unpaired) electrons. The molecule has 196 valence electrons.